The molecule has 20 heavy (non-hydrogen) atoms. The van der Waals surface area contributed by atoms with E-state index in [-0.39, 0.29) is 10.6 Å². The molecule has 106 valence electrons. The molecule has 2 aromatic carbocycles. The largest absolute Gasteiger partial charge is 0.207 e. The molecule has 0 heterocycles. The highest BCUT2D eigenvalue weighted by atomic mass is 79.9. The van der Waals surface area contributed by atoms with E-state index >= 15 is 0 Å². The fraction of sp³-hybridized carbons (Fsp3) is 0.294. The van der Waals surface area contributed by atoms with Crippen LogP contribution in [0.25, 0.3) is 0 Å². The van der Waals surface area contributed by atoms with Gasteiger partial charge < -0.3 is 0 Å². The third-order valence-corrected chi connectivity index (χ3v) is 4.85. The molecule has 0 saturated heterocycles. The monoisotopic (exact) mass is 354 g/mol. The third-order valence-electron chi connectivity index (χ3n) is 3.54. The maximum atomic E-state index is 14.0. The lowest BCUT2D eigenvalue weighted by molar-refractivity contribution is 0.613. The van der Waals surface area contributed by atoms with Crippen molar-refractivity contribution in [3.8, 4) is 0 Å². The van der Waals surface area contributed by atoms with Gasteiger partial charge in [0.05, 0.1) is 4.83 Å². The maximum absolute atomic E-state index is 14.0. The molecule has 3 heteroatoms. The highest BCUT2D eigenvalue weighted by molar-refractivity contribution is 9.09. The predicted molar refractivity (Wildman–Crippen MR) is 87.4 cm³/mol. The molecule has 1 unspecified atom stereocenters. The Morgan fingerprint density at radius 2 is 1.80 bits per heavy atom. The van der Waals surface area contributed by atoms with E-state index in [9.17, 15) is 4.39 Å². The zero-order chi connectivity index (χ0) is 14.7. The molecule has 0 radical (unpaired) electrons. The summed E-state index contributed by atoms with van der Waals surface area (Å²) in [5, 5.41) is 0.449. The van der Waals surface area contributed by atoms with E-state index < -0.39 is 0 Å². The van der Waals surface area contributed by atoms with Gasteiger partial charge in [-0.2, -0.15) is 0 Å². The van der Waals surface area contributed by atoms with Gasteiger partial charge in [-0.05, 0) is 41.7 Å². The Labute approximate surface area is 133 Å². The summed E-state index contributed by atoms with van der Waals surface area (Å²) in [6, 6.07) is 11.1. The molecule has 0 bridgehead atoms. The van der Waals surface area contributed by atoms with Crippen LogP contribution in [-0.2, 0) is 12.8 Å². The third kappa shape index (κ3) is 3.07. The van der Waals surface area contributed by atoms with E-state index in [2.05, 4.69) is 41.9 Å². The van der Waals surface area contributed by atoms with Gasteiger partial charge in [0.2, 0.25) is 0 Å². The Kier molecular flexibility index (Phi) is 5.22. The molecule has 0 aliphatic heterocycles. The summed E-state index contributed by atoms with van der Waals surface area (Å²) >= 11 is 9.72. The van der Waals surface area contributed by atoms with E-state index in [1.165, 1.54) is 17.2 Å². The van der Waals surface area contributed by atoms with Crippen molar-refractivity contribution in [2.45, 2.75) is 31.5 Å². The van der Waals surface area contributed by atoms with Crippen LogP contribution in [0.15, 0.2) is 36.4 Å². The Bertz CT molecular complexity index is 590. The smallest absolute Gasteiger partial charge is 0.129 e. The highest BCUT2D eigenvalue weighted by Crippen LogP contribution is 2.37. The van der Waals surface area contributed by atoms with Crippen LogP contribution < -0.4 is 0 Å². The molecule has 0 saturated carbocycles. The molecule has 2 aromatic rings. The second-order valence-electron chi connectivity index (χ2n) is 4.73. The molecule has 1 atom stereocenters. The Hall–Kier alpha value is -0.860. The maximum Gasteiger partial charge on any atom is 0.129 e. The minimum Gasteiger partial charge on any atom is -0.207 e. The average molecular weight is 356 g/mol. The summed E-state index contributed by atoms with van der Waals surface area (Å²) in [5.41, 5.74) is 4.18. The van der Waals surface area contributed by atoms with Crippen molar-refractivity contribution < 1.29 is 4.39 Å². The lowest BCUT2D eigenvalue weighted by atomic mass is 9.96. The summed E-state index contributed by atoms with van der Waals surface area (Å²) in [6.07, 6.45) is 1.98. The first-order valence-electron chi connectivity index (χ1n) is 6.78. The van der Waals surface area contributed by atoms with Gasteiger partial charge in [-0.1, -0.05) is 65.6 Å². The van der Waals surface area contributed by atoms with Crippen molar-refractivity contribution in [2.75, 3.05) is 0 Å². The van der Waals surface area contributed by atoms with Crippen LogP contribution in [0.2, 0.25) is 5.02 Å². The van der Waals surface area contributed by atoms with Crippen molar-refractivity contribution >= 4 is 27.5 Å². The Balaban J connectivity index is 2.46. The fourth-order valence-corrected chi connectivity index (χ4v) is 3.55. The normalized spacial score (nSPS) is 12.4. The summed E-state index contributed by atoms with van der Waals surface area (Å²) in [4.78, 5) is -0.229. The van der Waals surface area contributed by atoms with Crippen LogP contribution in [0.3, 0.4) is 0 Å². The minimum atomic E-state index is -0.281. The molecule has 0 nitrogen and oxygen atoms in total. The Morgan fingerprint density at radius 3 is 2.40 bits per heavy atom. The van der Waals surface area contributed by atoms with Crippen LogP contribution in [0.4, 0.5) is 4.39 Å². The molecule has 0 aliphatic carbocycles. The van der Waals surface area contributed by atoms with Gasteiger partial charge >= 0.3 is 0 Å². The van der Waals surface area contributed by atoms with E-state index in [0.29, 0.717) is 10.6 Å². The fourth-order valence-electron chi connectivity index (χ4n) is 2.40. The number of hydrogen-bond donors (Lipinski definition) is 0. The van der Waals surface area contributed by atoms with Crippen LogP contribution >= 0.6 is 27.5 Å². The van der Waals surface area contributed by atoms with Crippen LogP contribution in [0, 0.1) is 5.82 Å². The van der Waals surface area contributed by atoms with Crippen molar-refractivity contribution in [1.29, 1.82) is 0 Å². The van der Waals surface area contributed by atoms with Gasteiger partial charge in [0, 0.05) is 10.6 Å². The molecule has 0 amide bonds. The van der Waals surface area contributed by atoms with Gasteiger partial charge in [0.15, 0.2) is 0 Å². The van der Waals surface area contributed by atoms with Crippen molar-refractivity contribution in [3.63, 3.8) is 0 Å². The van der Waals surface area contributed by atoms with Crippen LogP contribution in [0.1, 0.15) is 40.9 Å². The lowest BCUT2D eigenvalue weighted by Gasteiger charge is -2.16. The zero-order valence-electron chi connectivity index (χ0n) is 11.6. The topological polar surface area (TPSA) is 0 Å². The number of aryl methyl sites for hydroxylation is 2. The van der Waals surface area contributed by atoms with Crippen molar-refractivity contribution in [1.82, 2.24) is 0 Å². The van der Waals surface area contributed by atoms with Gasteiger partial charge in [0.1, 0.15) is 5.82 Å². The number of rotatable bonds is 4. The molecule has 0 aromatic heterocycles. The van der Waals surface area contributed by atoms with Crippen molar-refractivity contribution in [3.05, 3.63) is 69.5 Å². The average Bonchev–Trinajstić information content (AvgIpc) is 2.46. The number of benzene rings is 2. The molecule has 0 fully saturated rings. The van der Waals surface area contributed by atoms with Gasteiger partial charge in [-0.25, -0.2) is 4.39 Å². The summed E-state index contributed by atoms with van der Waals surface area (Å²) in [5.74, 6) is -0.281. The van der Waals surface area contributed by atoms with E-state index in [1.54, 1.807) is 12.1 Å². The summed E-state index contributed by atoms with van der Waals surface area (Å²) < 4.78 is 14.0. The molecule has 0 spiro atoms. The minimum absolute atomic E-state index is 0.229. The van der Waals surface area contributed by atoms with E-state index in [0.717, 1.165) is 18.4 Å². The molecular weight excluding hydrogens is 339 g/mol. The second-order valence-corrected chi connectivity index (χ2v) is 6.06. The van der Waals surface area contributed by atoms with E-state index in [1.807, 2.05) is 6.07 Å². The van der Waals surface area contributed by atoms with E-state index in [4.69, 9.17) is 11.6 Å². The number of halogens is 3. The highest BCUT2D eigenvalue weighted by Gasteiger charge is 2.18. The van der Waals surface area contributed by atoms with Crippen molar-refractivity contribution in [2.24, 2.45) is 0 Å². The quantitative estimate of drug-likeness (QED) is 0.582. The summed E-state index contributed by atoms with van der Waals surface area (Å²) in [7, 11) is 0. The first-order chi connectivity index (χ1) is 9.58. The number of alkyl halides is 1. The Morgan fingerprint density at radius 1 is 1.10 bits per heavy atom. The first-order valence-corrected chi connectivity index (χ1v) is 8.07. The molecular formula is C17H17BrClF. The number of hydrogen-bond acceptors (Lipinski definition) is 0. The SMILES string of the molecule is CCc1ccc(C(Br)c2c(F)cccc2Cl)cc1CC. The lowest BCUT2D eigenvalue weighted by Crippen LogP contribution is -2.00. The van der Waals surface area contributed by atoms with Gasteiger partial charge in [0.25, 0.3) is 0 Å². The summed E-state index contributed by atoms with van der Waals surface area (Å²) in [6.45, 7) is 4.28. The zero-order valence-corrected chi connectivity index (χ0v) is 13.9. The molecule has 0 aliphatic rings. The van der Waals surface area contributed by atoms with Crippen LogP contribution in [0.5, 0.6) is 0 Å². The second kappa shape index (κ2) is 6.73. The van der Waals surface area contributed by atoms with Gasteiger partial charge in [-0.3, -0.25) is 0 Å². The van der Waals surface area contributed by atoms with Crippen LogP contribution in [-0.4, -0.2) is 0 Å². The van der Waals surface area contributed by atoms with Gasteiger partial charge in [-0.15, -0.1) is 0 Å². The first kappa shape index (κ1) is 15.5. The standard InChI is InChI=1S/C17H17BrClF/c1-3-11-8-9-13(10-12(11)4-2)17(18)16-14(19)6-5-7-15(16)20/h5-10,17H,3-4H2,1-2H3. The molecule has 0 N–H and O–H groups in total. The molecule has 2 rings (SSSR count). The predicted octanol–water partition coefficient (Wildman–Crippen LogP) is 6.09.